The van der Waals surface area contributed by atoms with E-state index in [-0.39, 0.29) is 31.5 Å². The van der Waals surface area contributed by atoms with Gasteiger partial charge in [-0.05, 0) is 57.4 Å². The Morgan fingerprint density at radius 1 is 0.557 bits per heavy atom. The summed E-state index contributed by atoms with van der Waals surface area (Å²) in [6.45, 7) is 6.97. The monoisotopic (exact) mass is 884 g/mol. The normalized spacial score (nSPS) is 14.1. The minimum absolute atomic E-state index is 0.0408. The summed E-state index contributed by atoms with van der Waals surface area (Å²) in [6.07, 6.45) is 46.0. The molecule has 61 heavy (non-hydrogen) atoms. The Morgan fingerprint density at radius 3 is 1.41 bits per heavy atom. The third-order valence-electron chi connectivity index (χ3n) is 11.4. The van der Waals surface area contributed by atoms with Gasteiger partial charge in [0, 0.05) is 12.8 Å². The first-order valence-electron chi connectivity index (χ1n) is 25.7. The van der Waals surface area contributed by atoms with Gasteiger partial charge in [0.2, 0.25) is 5.91 Å². The summed E-state index contributed by atoms with van der Waals surface area (Å²) >= 11 is 0. The van der Waals surface area contributed by atoms with E-state index in [4.69, 9.17) is 13.8 Å². The maximum atomic E-state index is 13.4. The van der Waals surface area contributed by atoms with Crippen LogP contribution in [0.2, 0.25) is 0 Å². The van der Waals surface area contributed by atoms with Crippen LogP contribution in [0.4, 0.5) is 0 Å². The SMILES string of the molecule is CCCCCCCC/C=C\CCCCCC(=O)OC(/C=C/CCCCCCCCCCC)C(COP(=O)(O)OCC[N+](C)(C)C)NC(=O)CCCCCCCCCCCCC. The molecule has 0 fully saturated rings. The molecule has 0 saturated heterocycles. The van der Waals surface area contributed by atoms with Crippen LogP contribution in [0.5, 0.6) is 0 Å². The quantitative estimate of drug-likeness (QED) is 0.0206. The molecule has 0 aliphatic carbocycles. The molecule has 2 N–H and O–H groups in total. The number of nitrogens with one attached hydrogen (secondary N) is 1. The Balaban J connectivity index is 5.45. The number of rotatable bonds is 46. The summed E-state index contributed by atoms with van der Waals surface area (Å²) in [7, 11) is 1.49. The van der Waals surface area contributed by atoms with Gasteiger partial charge in [0.15, 0.2) is 0 Å². The van der Waals surface area contributed by atoms with Crippen molar-refractivity contribution in [1.29, 1.82) is 0 Å². The molecule has 0 aromatic heterocycles. The van der Waals surface area contributed by atoms with Crippen molar-refractivity contribution < 1.29 is 37.3 Å². The minimum Gasteiger partial charge on any atom is -0.456 e. The number of allylic oxidation sites excluding steroid dienone is 3. The number of hydrogen-bond acceptors (Lipinski definition) is 6. The lowest BCUT2D eigenvalue weighted by molar-refractivity contribution is -0.870. The molecule has 0 rings (SSSR count). The van der Waals surface area contributed by atoms with E-state index < -0.39 is 20.0 Å². The largest absolute Gasteiger partial charge is 0.472 e. The van der Waals surface area contributed by atoms with Gasteiger partial charge < -0.3 is 19.4 Å². The maximum Gasteiger partial charge on any atom is 0.472 e. The van der Waals surface area contributed by atoms with E-state index >= 15 is 0 Å². The minimum atomic E-state index is -4.43. The molecule has 3 unspecified atom stereocenters. The molecule has 10 heteroatoms. The molecular weight excluding hydrogens is 784 g/mol. The van der Waals surface area contributed by atoms with Crippen LogP contribution in [-0.2, 0) is 27.9 Å². The number of hydrogen-bond donors (Lipinski definition) is 2. The van der Waals surface area contributed by atoms with Crippen molar-refractivity contribution >= 4 is 19.7 Å². The fourth-order valence-corrected chi connectivity index (χ4v) is 8.08. The molecule has 0 aliphatic rings. The molecule has 0 aromatic rings. The molecule has 0 spiro atoms. The van der Waals surface area contributed by atoms with Crippen LogP contribution >= 0.6 is 7.82 Å². The van der Waals surface area contributed by atoms with Crippen molar-refractivity contribution in [3.05, 3.63) is 24.3 Å². The van der Waals surface area contributed by atoms with Crippen molar-refractivity contribution in [2.75, 3.05) is 40.9 Å². The Morgan fingerprint density at radius 2 is 0.951 bits per heavy atom. The number of nitrogens with zero attached hydrogens (tertiary/aromatic N) is 1. The second-order valence-corrected chi connectivity index (χ2v) is 20.2. The second kappa shape index (κ2) is 42.4. The van der Waals surface area contributed by atoms with Crippen molar-refractivity contribution in [1.82, 2.24) is 5.32 Å². The molecular formula is C51H100N2O7P+. The first-order valence-corrected chi connectivity index (χ1v) is 27.2. The summed E-state index contributed by atoms with van der Waals surface area (Å²) in [6, 6.07) is -0.845. The Labute approximate surface area is 377 Å². The molecule has 0 radical (unpaired) electrons. The number of carbonyl (C=O) groups excluding carboxylic acids is 2. The van der Waals surface area contributed by atoms with Crippen LogP contribution in [0.3, 0.4) is 0 Å². The first kappa shape index (κ1) is 59.5. The van der Waals surface area contributed by atoms with Gasteiger partial charge in [0.1, 0.15) is 19.3 Å². The lowest BCUT2D eigenvalue weighted by atomic mass is 10.0. The van der Waals surface area contributed by atoms with Crippen LogP contribution < -0.4 is 5.32 Å². The van der Waals surface area contributed by atoms with Crippen molar-refractivity contribution in [3.8, 4) is 0 Å². The number of esters is 1. The van der Waals surface area contributed by atoms with E-state index in [0.29, 0.717) is 17.4 Å². The van der Waals surface area contributed by atoms with Gasteiger partial charge in [-0.3, -0.25) is 18.6 Å². The number of likely N-dealkylation sites (N-methyl/N-ethyl adjacent to an activating group) is 1. The second-order valence-electron chi connectivity index (χ2n) is 18.7. The number of carbonyl (C=O) groups is 2. The average molecular weight is 884 g/mol. The number of phosphoric acid groups is 1. The number of amides is 1. The van der Waals surface area contributed by atoms with Crippen molar-refractivity contribution in [3.63, 3.8) is 0 Å². The van der Waals surface area contributed by atoms with Crippen LogP contribution in [0, 0.1) is 0 Å². The lowest BCUT2D eigenvalue weighted by Gasteiger charge is -2.27. The van der Waals surface area contributed by atoms with Crippen molar-refractivity contribution in [2.24, 2.45) is 0 Å². The first-order chi connectivity index (χ1) is 29.4. The van der Waals surface area contributed by atoms with Gasteiger partial charge >= 0.3 is 13.8 Å². The lowest BCUT2D eigenvalue weighted by Crippen LogP contribution is -2.47. The zero-order chi connectivity index (χ0) is 45.1. The van der Waals surface area contributed by atoms with E-state index in [2.05, 4.69) is 38.2 Å². The predicted octanol–water partition coefficient (Wildman–Crippen LogP) is 14.7. The van der Waals surface area contributed by atoms with Crippen LogP contribution in [0.1, 0.15) is 239 Å². The number of unbranched alkanes of at least 4 members (excludes halogenated alkanes) is 28. The van der Waals surface area contributed by atoms with Gasteiger partial charge in [-0.2, -0.15) is 0 Å². The van der Waals surface area contributed by atoms with Gasteiger partial charge in [-0.1, -0.05) is 193 Å². The molecule has 0 aromatic carbocycles. The van der Waals surface area contributed by atoms with Crippen LogP contribution in [-0.4, -0.2) is 74.3 Å². The fourth-order valence-electron chi connectivity index (χ4n) is 7.35. The van der Waals surface area contributed by atoms with Gasteiger partial charge in [-0.15, -0.1) is 0 Å². The zero-order valence-electron chi connectivity index (χ0n) is 40.9. The van der Waals surface area contributed by atoms with E-state index in [1.54, 1.807) is 0 Å². The highest BCUT2D eigenvalue weighted by Crippen LogP contribution is 2.43. The standard InChI is InChI=1S/C51H99N2O7P/c1-7-10-13-16-19-22-25-26-29-32-35-38-41-44-51(55)60-49(42-39-36-33-30-27-23-20-17-14-11-8-2)48(47-59-61(56,57)58-46-45-53(4,5)6)52-50(54)43-40-37-34-31-28-24-21-18-15-12-9-3/h26,29,39,42,48-49H,7-25,27-28,30-38,40-41,43-47H2,1-6H3,(H-,52,54,56,57)/p+1/b29-26-,42-39+. The molecule has 3 atom stereocenters. The third kappa shape index (κ3) is 43.5. The van der Waals surface area contributed by atoms with E-state index in [0.717, 1.165) is 70.6 Å². The van der Waals surface area contributed by atoms with E-state index in [1.807, 2.05) is 33.3 Å². The number of ether oxygens (including phenoxy) is 1. The van der Waals surface area contributed by atoms with Gasteiger partial charge in [0.05, 0.1) is 33.8 Å². The molecule has 0 saturated carbocycles. The number of phosphoric ester groups is 1. The van der Waals surface area contributed by atoms with Gasteiger partial charge in [-0.25, -0.2) is 4.57 Å². The van der Waals surface area contributed by atoms with Crippen LogP contribution in [0.15, 0.2) is 24.3 Å². The average Bonchev–Trinajstić information content (AvgIpc) is 3.21. The Bertz CT molecular complexity index is 1110. The molecule has 9 nitrogen and oxygen atoms in total. The predicted molar refractivity (Wildman–Crippen MR) is 259 cm³/mol. The highest BCUT2D eigenvalue weighted by atomic mass is 31.2. The topological polar surface area (TPSA) is 111 Å². The molecule has 0 bridgehead atoms. The molecule has 360 valence electrons. The summed E-state index contributed by atoms with van der Waals surface area (Å²) in [5.74, 6) is -0.520. The molecule has 0 aliphatic heterocycles. The summed E-state index contributed by atoms with van der Waals surface area (Å²) in [4.78, 5) is 37.3. The summed E-state index contributed by atoms with van der Waals surface area (Å²) < 4.78 is 30.4. The fraction of sp³-hybridized carbons (Fsp3) is 0.882. The summed E-state index contributed by atoms with van der Waals surface area (Å²) in [5.41, 5.74) is 0. The Kier molecular flexibility index (Phi) is 41.4. The highest BCUT2D eigenvalue weighted by molar-refractivity contribution is 7.47. The third-order valence-corrected chi connectivity index (χ3v) is 12.4. The number of quaternary nitrogens is 1. The van der Waals surface area contributed by atoms with Gasteiger partial charge in [0.25, 0.3) is 0 Å². The zero-order valence-corrected chi connectivity index (χ0v) is 41.8. The summed E-state index contributed by atoms with van der Waals surface area (Å²) in [5, 5.41) is 3.03. The molecule has 1 amide bonds. The maximum absolute atomic E-state index is 13.4. The smallest absolute Gasteiger partial charge is 0.456 e. The van der Waals surface area contributed by atoms with E-state index in [1.165, 1.54) is 135 Å². The molecule has 0 heterocycles. The highest BCUT2D eigenvalue weighted by Gasteiger charge is 2.30. The van der Waals surface area contributed by atoms with E-state index in [9.17, 15) is 19.0 Å². The van der Waals surface area contributed by atoms with Crippen LogP contribution in [0.25, 0.3) is 0 Å². The van der Waals surface area contributed by atoms with Crippen molar-refractivity contribution in [2.45, 2.75) is 251 Å². The Hall–Kier alpha value is -1.51.